The van der Waals surface area contributed by atoms with E-state index in [0.717, 1.165) is 0 Å². The summed E-state index contributed by atoms with van der Waals surface area (Å²) in [4.78, 5) is 10.8. The minimum absolute atomic E-state index is 0.262. The molecule has 0 aliphatic rings. The number of carbonyl (C=O) groups is 1. The zero-order valence-electron chi connectivity index (χ0n) is 8.92. The molecule has 0 saturated carbocycles. The molecule has 90 valence electrons. The largest absolute Gasteiger partial charge is 0.479 e. The fraction of sp³-hybridized carbons (Fsp3) is 0.889. The number of hydrogen-bond acceptors (Lipinski definition) is 5. The van der Waals surface area contributed by atoms with Crippen LogP contribution in [0.15, 0.2) is 0 Å². The number of rotatable bonds is 8. The smallest absolute Gasteiger partial charge is 0.335 e. The van der Waals surface area contributed by atoms with Crippen molar-refractivity contribution in [1.82, 2.24) is 0 Å². The molecule has 0 amide bonds. The van der Waals surface area contributed by atoms with Crippen molar-refractivity contribution in [3.63, 3.8) is 0 Å². The van der Waals surface area contributed by atoms with Crippen LogP contribution in [-0.4, -0.2) is 59.9 Å². The maximum absolute atomic E-state index is 10.8. The van der Waals surface area contributed by atoms with Crippen LogP contribution in [0, 0.1) is 0 Å². The van der Waals surface area contributed by atoms with E-state index in [-0.39, 0.29) is 6.61 Å². The van der Waals surface area contributed by atoms with E-state index >= 15 is 0 Å². The molecule has 15 heavy (non-hydrogen) atoms. The van der Waals surface area contributed by atoms with Crippen molar-refractivity contribution in [2.75, 3.05) is 20.3 Å². The first-order valence-corrected chi connectivity index (χ1v) is 4.73. The lowest BCUT2D eigenvalue weighted by Gasteiger charge is -2.24. The second-order valence-corrected chi connectivity index (χ2v) is 3.06. The van der Waals surface area contributed by atoms with Gasteiger partial charge in [0.15, 0.2) is 6.10 Å². The summed E-state index contributed by atoms with van der Waals surface area (Å²) >= 11 is 0. The normalized spacial score (nSPS) is 17.1. The minimum atomic E-state index is -1.27. The minimum Gasteiger partial charge on any atom is -0.479 e. The van der Waals surface area contributed by atoms with Gasteiger partial charge in [-0.3, -0.25) is 0 Å². The highest BCUT2D eigenvalue weighted by molar-refractivity contribution is 5.73. The van der Waals surface area contributed by atoms with Gasteiger partial charge in [0.1, 0.15) is 6.10 Å². The molecule has 0 aliphatic heterocycles. The van der Waals surface area contributed by atoms with Gasteiger partial charge in [-0.2, -0.15) is 0 Å². The molecule has 3 unspecified atom stereocenters. The first-order chi connectivity index (χ1) is 7.10. The van der Waals surface area contributed by atoms with Gasteiger partial charge in [-0.15, -0.1) is 0 Å². The van der Waals surface area contributed by atoms with E-state index in [0.29, 0.717) is 6.42 Å². The Morgan fingerprint density at radius 3 is 2.20 bits per heavy atom. The fourth-order valence-electron chi connectivity index (χ4n) is 1.07. The van der Waals surface area contributed by atoms with Crippen molar-refractivity contribution in [1.29, 1.82) is 0 Å². The molecule has 0 radical (unpaired) electrons. The molecule has 6 nitrogen and oxygen atoms in total. The molecule has 0 bridgehead atoms. The summed E-state index contributed by atoms with van der Waals surface area (Å²) in [5.41, 5.74) is 0. The average molecular weight is 222 g/mol. The quantitative estimate of drug-likeness (QED) is 0.499. The molecule has 3 N–H and O–H groups in total. The average Bonchev–Trinajstić information content (AvgIpc) is 2.24. The van der Waals surface area contributed by atoms with Crippen molar-refractivity contribution < 1.29 is 29.6 Å². The fourth-order valence-corrected chi connectivity index (χ4v) is 1.07. The highest BCUT2D eigenvalue weighted by Crippen LogP contribution is 2.09. The second-order valence-electron chi connectivity index (χ2n) is 3.06. The van der Waals surface area contributed by atoms with E-state index in [4.69, 9.17) is 24.8 Å². The third kappa shape index (κ3) is 4.57. The Morgan fingerprint density at radius 1 is 1.33 bits per heavy atom. The zero-order chi connectivity index (χ0) is 11.8. The molecule has 0 saturated heterocycles. The molecule has 0 fully saturated rings. The van der Waals surface area contributed by atoms with Gasteiger partial charge in [-0.25, -0.2) is 4.79 Å². The highest BCUT2D eigenvalue weighted by Gasteiger charge is 2.30. The number of aliphatic hydroxyl groups is 2. The van der Waals surface area contributed by atoms with Crippen LogP contribution < -0.4 is 0 Å². The highest BCUT2D eigenvalue weighted by atomic mass is 16.6. The maximum atomic E-state index is 10.8. The van der Waals surface area contributed by atoms with E-state index in [9.17, 15) is 4.79 Å². The predicted molar refractivity (Wildman–Crippen MR) is 51.6 cm³/mol. The number of ether oxygens (including phenoxy) is 2. The third-order valence-corrected chi connectivity index (χ3v) is 2.06. The number of methoxy groups -OCH3 is 1. The van der Waals surface area contributed by atoms with Crippen LogP contribution in [0.2, 0.25) is 0 Å². The number of aliphatic carboxylic acids is 1. The van der Waals surface area contributed by atoms with Crippen molar-refractivity contribution in [2.24, 2.45) is 0 Å². The Balaban J connectivity index is 4.44. The zero-order valence-corrected chi connectivity index (χ0v) is 8.92. The molecular formula is C9H18O6. The molecule has 6 heteroatoms. The van der Waals surface area contributed by atoms with E-state index in [1.807, 2.05) is 0 Å². The van der Waals surface area contributed by atoms with Crippen molar-refractivity contribution >= 4 is 5.97 Å². The van der Waals surface area contributed by atoms with Crippen LogP contribution >= 0.6 is 0 Å². The standard InChI is InChI=1S/C9H18O6/c1-3-6(4-10)15-8(9(12)13)7(5-11)14-2/h6-8,10-11H,3-5H2,1-2H3,(H,12,13). The molecular weight excluding hydrogens is 204 g/mol. The Kier molecular flexibility index (Phi) is 7.23. The maximum Gasteiger partial charge on any atom is 0.335 e. The lowest BCUT2D eigenvalue weighted by Crippen LogP contribution is -2.43. The Labute approximate surface area is 88.4 Å². The molecule has 0 aromatic carbocycles. The number of carboxylic acid groups (broad SMARTS) is 1. The monoisotopic (exact) mass is 222 g/mol. The second kappa shape index (κ2) is 7.58. The Bertz CT molecular complexity index is 175. The topological polar surface area (TPSA) is 96.2 Å². The summed E-state index contributed by atoms with van der Waals surface area (Å²) in [7, 11) is 1.29. The predicted octanol–water partition coefficient (Wildman–Crippen LogP) is -0.766. The molecule has 0 heterocycles. The summed E-state index contributed by atoms with van der Waals surface area (Å²) in [5, 5.41) is 26.6. The van der Waals surface area contributed by atoms with Crippen LogP contribution in [0.3, 0.4) is 0 Å². The van der Waals surface area contributed by atoms with E-state index in [1.165, 1.54) is 7.11 Å². The van der Waals surface area contributed by atoms with Crippen LogP contribution in [0.5, 0.6) is 0 Å². The number of carboxylic acids is 1. The van der Waals surface area contributed by atoms with Crippen LogP contribution in [0.1, 0.15) is 13.3 Å². The number of hydrogen-bond donors (Lipinski definition) is 3. The van der Waals surface area contributed by atoms with Crippen molar-refractivity contribution in [3.05, 3.63) is 0 Å². The SMILES string of the molecule is CCC(CO)OC(C(=O)O)C(CO)OC. The van der Waals surface area contributed by atoms with Gasteiger partial charge >= 0.3 is 5.97 Å². The molecule has 0 rings (SSSR count). The molecule has 0 aromatic heterocycles. The lowest BCUT2D eigenvalue weighted by molar-refractivity contribution is -0.172. The van der Waals surface area contributed by atoms with Gasteiger partial charge in [0, 0.05) is 7.11 Å². The first-order valence-electron chi connectivity index (χ1n) is 4.73. The first kappa shape index (κ1) is 14.3. The van der Waals surface area contributed by atoms with Gasteiger partial charge in [-0.1, -0.05) is 6.92 Å². The van der Waals surface area contributed by atoms with Gasteiger partial charge in [-0.05, 0) is 6.42 Å². The van der Waals surface area contributed by atoms with Crippen LogP contribution in [0.4, 0.5) is 0 Å². The summed E-state index contributed by atoms with van der Waals surface area (Å²) in [6.07, 6.45) is -2.27. The summed E-state index contributed by atoms with van der Waals surface area (Å²) in [6, 6.07) is 0. The molecule has 3 atom stereocenters. The number of aliphatic hydroxyl groups excluding tert-OH is 2. The van der Waals surface area contributed by atoms with E-state index in [2.05, 4.69) is 0 Å². The van der Waals surface area contributed by atoms with Gasteiger partial charge in [0.2, 0.25) is 0 Å². The molecule has 0 spiro atoms. The Hall–Kier alpha value is -0.690. The van der Waals surface area contributed by atoms with Gasteiger partial charge in [0.25, 0.3) is 0 Å². The Morgan fingerprint density at radius 2 is 1.93 bits per heavy atom. The van der Waals surface area contributed by atoms with Crippen LogP contribution in [0.25, 0.3) is 0 Å². The third-order valence-electron chi connectivity index (χ3n) is 2.06. The van der Waals surface area contributed by atoms with E-state index < -0.39 is 30.9 Å². The summed E-state index contributed by atoms with van der Waals surface area (Å²) in [6.45, 7) is 1.05. The van der Waals surface area contributed by atoms with Crippen molar-refractivity contribution in [2.45, 2.75) is 31.7 Å². The van der Waals surface area contributed by atoms with Crippen LogP contribution in [-0.2, 0) is 14.3 Å². The molecule has 0 aromatic rings. The van der Waals surface area contributed by atoms with Gasteiger partial charge in [0.05, 0.1) is 19.3 Å². The lowest BCUT2D eigenvalue weighted by atomic mass is 10.2. The summed E-state index contributed by atoms with van der Waals surface area (Å²) < 4.78 is 9.90. The van der Waals surface area contributed by atoms with Crippen molar-refractivity contribution in [3.8, 4) is 0 Å². The summed E-state index contributed by atoms with van der Waals surface area (Å²) in [5.74, 6) is -1.22. The molecule has 0 aliphatic carbocycles. The van der Waals surface area contributed by atoms with E-state index in [1.54, 1.807) is 6.92 Å². The van der Waals surface area contributed by atoms with Gasteiger partial charge < -0.3 is 24.8 Å².